The monoisotopic (exact) mass is 470 g/mol. The molecule has 0 fully saturated rings. The van der Waals surface area contributed by atoms with Gasteiger partial charge in [-0.3, -0.25) is 0 Å². The molecule has 0 aliphatic heterocycles. The zero-order valence-electron chi connectivity index (χ0n) is 20.2. The molecule has 182 valence electrons. The number of halogens is 4. The quantitative estimate of drug-likeness (QED) is 0.184. The number of unbranched alkanes of at least 4 members (excludes halogenated alkanes) is 2. The Hall–Kier alpha value is -2.62. The Morgan fingerprint density at radius 2 is 0.853 bits per heavy atom. The molecule has 0 radical (unpaired) electrons. The molecule has 3 aromatic carbocycles. The van der Waals surface area contributed by atoms with Crippen molar-refractivity contribution in [3.05, 3.63) is 105 Å². The average molecular weight is 471 g/mol. The van der Waals surface area contributed by atoms with Crippen LogP contribution in [0, 0.1) is 23.3 Å². The van der Waals surface area contributed by atoms with E-state index >= 15 is 0 Å². The second-order valence-electron chi connectivity index (χ2n) is 9.10. The predicted octanol–water partition coefficient (Wildman–Crippen LogP) is 8.50. The van der Waals surface area contributed by atoms with Gasteiger partial charge in [0.25, 0.3) is 0 Å². The van der Waals surface area contributed by atoms with Crippen molar-refractivity contribution in [2.75, 3.05) is 0 Å². The van der Waals surface area contributed by atoms with Crippen molar-refractivity contribution in [1.29, 1.82) is 0 Å². The van der Waals surface area contributed by atoms with Crippen LogP contribution in [0.15, 0.2) is 48.5 Å². The first kappa shape index (κ1) is 26.0. The first-order valence-corrected chi connectivity index (χ1v) is 12.4. The number of rotatable bonds is 12. The van der Waals surface area contributed by atoms with Gasteiger partial charge in [-0.05, 0) is 91.5 Å². The number of aryl methyl sites for hydroxylation is 4. The van der Waals surface area contributed by atoms with E-state index in [4.69, 9.17) is 0 Å². The van der Waals surface area contributed by atoms with Crippen LogP contribution in [0.2, 0.25) is 0 Å². The first-order chi connectivity index (χ1) is 16.4. The molecule has 0 aliphatic carbocycles. The molecule has 0 aromatic heterocycles. The minimum Gasteiger partial charge on any atom is -0.207 e. The van der Waals surface area contributed by atoms with Gasteiger partial charge in [0.2, 0.25) is 0 Å². The van der Waals surface area contributed by atoms with E-state index in [1.54, 1.807) is 0 Å². The summed E-state index contributed by atoms with van der Waals surface area (Å²) >= 11 is 0. The second kappa shape index (κ2) is 12.7. The van der Waals surface area contributed by atoms with Crippen molar-refractivity contribution in [2.24, 2.45) is 0 Å². The summed E-state index contributed by atoms with van der Waals surface area (Å²) in [6.45, 7) is 4.18. The third-order valence-electron chi connectivity index (χ3n) is 6.36. The van der Waals surface area contributed by atoms with Crippen molar-refractivity contribution in [2.45, 2.75) is 78.1 Å². The molecule has 0 spiro atoms. The van der Waals surface area contributed by atoms with E-state index < -0.39 is 23.3 Å². The van der Waals surface area contributed by atoms with Gasteiger partial charge in [-0.25, -0.2) is 17.6 Å². The van der Waals surface area contributed by atoms with Gasteiger partial charge in [0.1, 0.15) is 23.3 Å². The second-order valence-corrected chi connectivity index (χ2v) is 9.10. The van der Waals surface area contributed by atoms with Crippen LogP contribution in [0.25, 0.3) is 0 Å². The Morgan fingerprint density at radius 3 is 1.32 bits per heavy atom. The highest BCUT2D eigenvalue weighted by atomic mass is 19.1. The van der Waals surface area contributed by atoms with Gasteiger partial charge in [0.15, 0.2) is 0 Å². The molecule has 3 rings (SSSR count). The van der Waals surface area contributed by atoms with Crippen LogP contribution in [-0.4, -0.2) is 0 Å². The summed E-state index contributed by atoms with van der Waals surface area (Å²) in [5, 5.41) is 0. The van der Waals surface area contributed by atoms with Gasteiger partial charge < -0.3 is 0 Å². The smallest absolute Gasteiger partial charge is 0.129 e. The van der Waals surface area contributed by atoms with Crippen molar-refractivity contribution < 1.29 is 17.6 Å². The summed E-state index contributed by atoms with van der Waals surface area (Å²) in [6, 6.07) is 13.7. The summed E-state index contributed by atoms with van der Waals surface area (Å²) in [6.07, 6.45) is 6.58. The van der Waals surface area contributed by atoms with Crippen LogP contribution in [0.1, 0.15) is 72.9 Å². The standard InChI is InChI=1S/C30H34F4/c1-3-5-6-8-25-27(31)19-24(20-28(25)32)15-16-26-29(33)17-23(18-30(26)34)14-13-22-11-9-21(7-4-2)10-12-22/h9-12,17-20H,3-8,13-16H2,1-2H3. The highest BCUT2D eigenvalue weighted by Gasteiger charge is 2.15. The van der Waals surface area contributed by atoms with E-state index in [0.29, 0.717) is 30.4 Å². The highest BCUT2D eigenvalue weighted by molar-refractivity contribution is 5.31. The average Bonchev–Trinajstić information content (AvgIpc) is 2.80. The molecule has 0 bridgehead atoms. The van der Waals surface area contributed by atoms with Gasteiger partial charge in [0, 0.05) is 11.1 Å². The van der Waals surface area contributed by atoms with Crippen LogP contribution in [0.5, 0.6) is 0 Å². The normalized spacial score (nSPS) is 11.2. The van der Waals surface area contributed by atoms with Crippen LogP contribution in [0.4, 0.5) is 17.6 Å². The summed E-state index contributed by atoms with van der Waals surface area (Å²) in [5.74, 6) is -2.37. The topological polar surface area (TPSA) is 0 Å². The van der Waals surface area contributed by atoms with E-state index in [0.717, 1.165) is 37.7 Å². The Bertz CT molecular complexity index is 1020. The molecule has 34 heavy (non-hydrogen) atoms. The van der Waals surface area contributed by atoms with E-state index in [1.807, 2.05) is 6.92 Å². The highest BCUT2D eigenvalue weighted by Crippen LogP contribution is 2.22. The van der Waals surface area contributed by atoms with Crippen LogP contribution < -0.4 is 0 Å². The molecule has 0 N–H and O–H groups in total. The Kier molecular flexibility index (Phi) is 9.74. The Labute approximate surface area is 201 Å². The summed E-state index contributed by atoms with van der Waals surface area (Å²) in [4.78, 5) is 0. The van der Waals surface area contributed by atoms with E-state index in [-0.39, 0.29) is 24.0 Å². The fourth-order valence-corrected chi connectivity index (χ4v) is 4.35. The minimum absolute atomic E-state index is 0.0412. The molecule has 0 atom stereocenters. The summed E-state index contributed by atoms with van der Waals surface area (Å²) < 4.78 is 58.1. The Balaban J connectivity index is 1.61. The molecule has 0 unspecified atom stereocenters. The number of benzene rings is 3. The molecular weight excluding hydrogens is 436 g/mol. The molecule has 3 aromatic rings. The van der Waals surface area contributed by atoms with Gasteiger partial charge in [0.05, 0.1) is 0 Å². The maximum atomic E-state index is 14.7. The van der Waals surface area contributed by atoms with E-state index in [2.05, 4.69) is 31.2 Å². The zero-order valence-corrected chi connectivity index (χ0v) is 20.2. The molecule has 0 amide bonds. The molecule has 0 heterocycles. The van der Waals surface area contributed by atoms with Gasteiger partial charge in [-0.15, -0.1) is 0 Å². The van der Waals surface area contributed by atoms with E-state index in [1.165, 1.54) is 29.8 Å². The van der Waals surface area contributed by atoms with Crippen molar-refractivity contribution in [3.8, 4) is 0 Å². The minimum atomic E-state index is -0.606. The fourth-order valence-electron chi connectivity index (χ4n) is 4.35. The number of hydrogen-bond acceptors (Lipinski definition) is 0. The van der Waals surface area contributed by atoms with Crippen molar-refractivity contribution in [3.63, 3.8) is 0 Å². The molecule has 0 nitrogen and oxygen atoms in total. The lowest BCUT2D eigenvalue weighted by atomic mass is 9.97. The lowest BCUT2D eigenvalue weighted by Crippen LogP contribution is -2.04. The van der Waals surface area contributed by atoms with Gasteiger partial charge in [-0.2, -0.15) is 0 Å². The molecule has 0 saturated heterocycles. The van der Waals surface area contributed by atoms with Gasteiger partial charge in [-0.1, -0.05) is 57.4 Å². The lowest BCUT2D eigenvalue weighted by molar-refractivity contribution is 0.539. The SMILES string of the molecule is CCCCCc1c(F)cc(CCc2c(F)cc(CCc3ccc(CCC)cc3)cc2F)cc1F. The van der Waals surface area contributed by atoms with Crippen molar-refractivity contribution >= 4 is 0 Å². The van der Waals surface area contributed by atoms with Crippen molar-refractivity contribution in [1.82, 2.24) is 0 Å². The maximum Gasteiger partial charge on any atom is 0.129 e. The first-order valence-electron chi connectivity index (χ1n) is 12.4. The van der Waals surface area contributed by atoms with E-state index in [9.17, 15) is 17.6 Å². The lowest BCUT2D eigenvalue weighted by Gasteiger charge is -2.11. The van der Waals surface area contributed by atoms with Gasteiger partial charge >= 0.3 is 0 Å². The molecular formula is C30H34F4. The molecule has 4 heteroatoms. The van der Waals surface area contributed by atoms with Crippen LogP contribution in [0.3, 0.4) is 0 Å². The zero-order chi connectivity index (χ0) is 24.5. The number of hydrogen-bond donors (Lipinski definition) is 0. The maximum absolute atomic E-state index is 14.7. The third kappa shape index (κ3) is 7.19. The fraction of sp³-hybridized carbons (Fsp3) is 0.400. The molecule has 0 saturated carbocycles. The predicted molar refractivity (Wildman–Crippen MR) is 131 cm³/mol. The summed E-state index contributed by atoms with van der Waals surface area (Å²) in [7, 11) is 0. The Morgan fingerprint density at radius 1 is 0.441 bits per heavy atom. The summed E-state index contributed by atoms with van der Waals surface area (Å²) in [5.41, 5.74) is 3.48. The third-order valence-corrected chi connectivity index (χ3v) is 6.36. The largest absolute Gasteiger partial charge is 0.207 e. The van der Waals surface area contributed by atoms with Crippen LogP contribution >= 0.6 is 0 Å². The van der Waals surface area contributed by atoms with Crippen LogP contribution in [-0.2, 0) is 38.5 Å². The molecule has 0 aliphatic rings.